The smallest absolute Gasteiger partial charge is 0.319 e. The molecule has 0 aromatic carbocycles. The van der Waals surface area contributed by atoms with Gasteiger partial charge in [0.15, 0.2) is 0 Å². The van der Waals surface area contributed by atoms with Crippen LogP contribution < -0.4 is 4.72 Å². The third-order valence-electron chi connectivity index (χ3n) is 1.73. The Bertz CT molecular complexity index is 519. The molecule has 0 amide bonds. The second-order valence-electron chi connectivity index (χ2n) is 2.68. The summed E-state index contributed by atoms with van der Waals surface area (Å²) in [6, 6.07) is 6.67. The van der Waals surface area contributed by atoms with Crippen molar-refractivity contribution in [1.82, 2.24) is 0 Å². The molecule has 0 fully saturated rings. The van der Waals surface area contributed by atoms with E-state index >= 15 is 0 Å². The fraction of sp³-hybridized carbons (Fsp3) is 0. The molecular weight excluding hydrogens is 226 g/mol. The van der Waals surface area contributed by atoms with Gasteiger partial charge in [0.2, 0.25) is 0 Å². The molecular formula is C8H6ClNO3S. The van der Waals surface area contributed by atoms with E-state index in [4.69, 9.17) is 15.1 Å². The molecule has 0 bridgehead atoms. The molecule has 74 valence electrons. The molecule has 0 saturated heterocycles. The maximum Gasteiger partial charge on any atom is 0.319 e. The molecule has 1 aliphatic carbocycles. The molecule has 0 aromatic rings. The first-order valence-electron chi connectivity index (χ1n) is 3.75. The van der Waals surface area contributed by atoms with E-state index in [0.717, 1.165) is 0 Å². The zero-order valence-electron chi connectivity index (χ0n) is 6.90. The molecule has 0 spiro atoms. The molecule has 2 rings (SSSR count). The van der Waals surface area contributed by atoms with Crippen LogP contribution in [0.15, 0.2) is 34.9 Å². The summed E-state index contributed by atoms with van der Waals surface area (Å²) >= 11 is 0. The summed E-state index contributed by atoms with van der Waals surface area (Å²) in [5.74, 6) is 0.607. The van der Waals surface area contributed by atoms with E-state index in [1.165, 1.54) is 6.26 Å². The minimum atomic E-state index is -3.76. The molecule has 1 N–H and O–H groups in total. The van der Waals surface area contributed by atoms with Gasteiger partial charge in [0.1, 0.15) is 5.76 Å². The van der Waals surface area contributed by atoms with Crippen LogP contribution in [-0.2, 0) is 9.24 Å². The lowest BCUT2D eigenvalue weighted by atomic mass is 10.2. The standard InChI is InChI=1S/C8H6ClNO3S/c9-14(11,12)10-7-3-4-8-6(7)2-1-5-13-8/h1-5,10H. The van der Waals surface area contributed by atoms with Crippen molar-refractivity contribution in [2.24, 2.45) is 0 Å². The maximum atomic E-state index is 10.8. The van der Waals surface area contributed by atoms with Crippen LogP contribution >= 0.6 is 10.7 Å². The SMILES string of the molecule is O=S(=O)(Cl)Nc1ccc2occcc1-2. The summed E-state index contributed by atoms with van der Waals surface area (Å²) < 4.78 is 28.8. The van der Waals surface area contributed by atoms with E-state index in [1.807, 2.05) is 0 Å². The van der Waals surface area contributed by atoms with Crippen LogP contribution in [0.1, 0.15) is 0 Å². The van der Waals surface area contributed by atoms with Gasteiger partial charge in [-0.1, -0.05) is 0 Å². The Balaban J connectivity index is 2.46. The third-order valence-corrected chi connectivity index (χ3v) is 2.42. The summed E-state index contributed by atoms with van der Waals surface area (Å²) in [6.45, 7) is 0. The molecule has 6 heteroatoms. The van der Waals surface area contributed by atoms with Gasteiger partial charge in [0.25, 0.3) is 0 Å². The van der Waals surface area contributed by atoms with Crippen LogP contribution in [0.2, 0.25) is 0 Å². The largest absolute Gasteiger partial charge is 0.464 e. The Hall–Kier alpha value is -1.20. The van der Waals surface area contributed by atoms with Crippen LogP contribution in [0.4, 0.5) is 5.69 Å². The van der Waals surface area contributed by atoms with E-state index < -0.39 is 9.24 Å². The number of hydrogen-bond donors (Lipinski definition) is 1. The molecule has 0 radical (unpaired) electrons. The highest BCUT2D eigenvalue weighted by Crippen LogP contribution is 2.32. The van der Waals surface area contributed by atoms with E-state index in [1.54, 1.807) is 24.3 Å². The van der Waals surface area contributed by atoms with Gasteiger partial charge in [0.05, 0.1) is 12.0 Å². The van der Waals surface area contributed by atoms with Crippen molar-refractivity contribution in [3.8, 4) is 11.3 Å². The van der Waals surface area contributed by atoms with E-state index in [0.29, 0.717) is 17.0 Å². The first-order chi connectivity index (χ1) is 6.56. The van der Waals surface area contributed by atoms with Crippen molar-refractivity contribution < 1.29 is 12.8 Å². The van der Waals surface area contributed by atoms with Crippen LogP contribution in [0, 0.1) is 0 Å². The fourth-order valence-corrected chi connectivity index (χ4v) is 1.90. The summed E-state index contributed by atoms with van der Waals surface area (Å²) in [7, 11) is 1.30. The monoisotopic (exact) mass is 231 g/mol. The number of nitrogens with one attached hydrogen (secondary N) is 1. The van der Waals surface area contributed by atoms with Crippen molar-refractivity contribution in [2.75, 3.05) is 4.72 Å². The zero-order valence-corrected chi connectivity index (χ0v) is 8.47. The highest BCUT2D eigenvalue weighted by molar-refractivity contribution is 8.14. The molecule has 1 aliphatic heterocycles. The Morgan fingerprint density at radius 1 is 1.29 bits per heavy atom. The minimum Gasteiger partial charge on any atom is -0.464 e. The molecule has 2 aliphatic rings. The van der Waals surface area contributed by atoms with Crippen LogP contribution in [0.3, 0.4) is 0 Å². The van der Waals surface area contributed by atoms with E-state index in [9.17, 15) is 8.42 Å². The zero-order chi connectivity index (χ0) is 10.2. The Labute approximate surface area is 85.4 Å². The molecule has 0 aromatic heterocycles. The van der Waals surface area contributed by atoms with Crippen molar-refractivity contribution in [1.29, 1.82) is 0 Å². The Morgan fingerprint density at radius 2 is 2.07 bits per heavy atom. The van der Waals surface area contributed by atoms with Gasteiger partial charge >= 0.3 is 9.24 Å². The van der Waals surface area contributed by atoms with Gasteiger partial charge in [-0.15, -0.1) is 0 Å². The maximum absolute atomic E-state index is 10.8. The Kier molecular flexibility index (Phi) is 2.13. The van der Waals surface area contributed by atoms with Crippen LogP contribution in [0.5, 0.6) is 0 Å². The number of rotatable bonds is 2. The fourth-order valence-electron chi connectivity index (χ4n) is 1.21. The average molecular weight is 232 g/mol. The average Bonchev–Trinajstić information content (AvgIpc) is 2.47. The predicted octanol–water partition coefficient (Wildman–Crippen LogP) is 2.28. The quantitative estimate of drug-likeness (QED) is 0.807. The van der Waals surface area contributed by atoms with Crippen molar-refractivity contribution in [3.05, 3.63) is 30.5 Å². The lowest BCUT2D eigenvalue weighted by Crippen LogP contribution is -2.03. The molecule has 4 nitrogen and oxygen atoms in total. The second-order valence-corrected chi connectivity index (χ2v) is 4.98. The third kappa shape index (κ3) is 1.83. The highest BCUT2D eigenvalue weighted by Gasteiger charge is 2.14. The lowest BCUT2D eigenvalue weighted by Gasteiger charge is -2.02. The van der Waals surface area contributed by atoms with Crippen LogP contribution in [0.25, 0.3) is 11.3 Å². The highest BCUT2D eigenvalue weighted by atomic mass is 35.7. The van der Waals surface area contributed by atoms with Gasteiger partial charge in [-0.2, -0.15) is 8.42 Å². The Morgan fingerprint density at radius 3 is 2.79 bits per heavy atom. The van der Waals surface area contributed by atoms with E-state index in [-0.39, 0.29) is 0 Å². The first kappa shape index (κ1) is 9.36. The van der Waals surface area contributed by atoms with Crippen molar-refractivity contribution >= 4 is 25.6 Å². The molecule has 0 unspecified atom stereocenters. The topological polar surface area (TPSA) is 59.3 Å². The summed E-state index contributed by atoms with van der Waals surface area (Å²) in [5, 5.41) is 0. The normalized spacial score (nSPS) is 11.8. The predicted molar refractivity (Wildman–Crippen MR) is 53.7 cm³/mol. The second kappa shape index (κ2) is 3.18. The van der Waals surface area contributed by atoms with Gasteiger partial charge in [-0.3, -0.25) is 4.72 Å². The van der Waals surface area contributed by atoms with Crippen molar-refractivity contribution in [3.63, 3.8) is 0 Å². The summed E-state index contributed by atoms with van der Waals surface area (Å²) in [5.41, 5.74) is 1.09. The van der Waals surface area contributed by atoms with Gasteiger partial charge in [-0.25, -0.2) is 0 Å². The number of fused-ring (bicyclic) bond motifs is 1. The van der Waals surface area contributed by atoms with Gasteiger partial charge in [-0.05, 0) is 24.3 Å². The number of anilines is 1. The summed E-state index contributed by atoms with van der Waals surface area (Å²) in [6.07, 6.45) is 1.52. The van der Waals surface area contributed by atoms with Gasteiger partial charge < -0.3 is 4.42 Å². The first-order valence-corrected chi connectivity index (χ1v) is 6.06. The van der Waals surface area contributed by atoms with Gasteiger partial charge in [0, 0.05) is 16.2 Å². The van der Waals surface area contributed by atoms with E-state index in [2.05, 4.69) is 4.72 Å². The lowest BCUT2D eigenvalue weighted by molar-refractivity contribution is 0.567. The summed E-state index contributed by atoms with van der Waals surface area (Å²) in [4.78, 5) is 0. The minimum absolute atomic E-state index is 0.416. The van der Waals surface area contributed by atoms with Crippen molar-refractivity contribution in [2.45, 2.75) is 0 Å². The number of hydrogen-bond acceptors (Lipinski definition) is 3. The molecule has 14 heavy (non-hydrogen) atoms. The molecule has 1 heterocycles. The number of halogens is 1. The molecule has 0 saturated carbocycles. The van der Waals surface area contributed by atoms with Crippen LogP contribution in [-0.4, -0.2) is 8.42 Å². The molecule has 0 atom stereocenters.